The van der Waals surface area contributed by atoms with Gasteiger partial charge in [-0.25, -0.2) is 9.82 Å². The highest BCUT2D eigenvalue weighted by Gasteiger charge is 2.12. The van der Waals surface area contributed by atoms with Crippen LogP contribution in [0.4, 0.5) is 4.39 Å². The first-order chi connectivity index (χ1) is 13.5. The molecule has 0 aliphatic rings. The number of amides is 1. The van der Waals surface area contributed by atoms with Crippen LogP contribution < -0.4 is 14.9 Å². The average Bonchev–Trinajstić information content (AvgIpc) is 2.68. The van der Waals surface area contributed by atoms with E-state index in [9.17, 15) is 9.18 Å². The van der Waals surface area contributed by atoms with Crippen molar-refractivity contribution in [1.82, 2.24) is 5.43 Å². The summed E-state index contributed by atoms with van der Waals surface area (Å²) in [4.78, 5) is 12.1. The van der Waals surface area contributed by atoms with Crippen molar-refractivity contribution in [3.63, 3.8) is 0 Å². The fourth-order valence-electron chi connectivity index (χ4n) is 2.17. The molecule has 144 valence electrons. The summed E-state index contributed by atoms with van der Waals surface area (Å²) in [5, 5.41) is 12.6. The molecule has 0 fully saturated rings. The van der Waals surface area contributed by atoms with Crippen LogP contribution in [0.5, 0.6) is 11.5 Å². The lowest BCUT2D eigenvalue weighted by Gasteiger charge is -2.12. The zero-order valence-electron chi connectivity index (χ0n) is 15.0. The van der Waals surface area contributed by atoms with Crippen molar-refractivity contribution < 1.29 is 18.7 Å². The molecule has 1 amide bonds. The van der Waals surface area contributed by atoms with Gasteiger partial charge in [0.2, 0.25) is 0 Å². The predicted octanol–water partition coefficient (Wildman–Crippen LogP) is 4.19. The molecule has 0 aliphatic heterocycles. The van der Waals surface area contributed by atoms with Gasteiger partial charge in [-0.2, -0.15) is 10.4 Å². The number of carbonyl (C=O) groups excluding carboxylic acids is 1. The number of rotatable bonds is 8. The van der Waals surface area contributed by atoms with Gasteiger partial charge in [-0.3, -0.25) is 4.79 Å². The van der Waals surface area contributed by atoms with E-state index in [4.69, 9.17) is 14.7 Å². The largest absolute Gasteiger partial charge is 0.490 e. The summed E-state index contributed by atoms with van der Waals surface area (Å²) in [5.74, 6) is -0.478. The minimum absolute atomic E-state index is 0.128. The number of nitrogens with zero attached hydrogens (tertiary/aromatic N) is 2. The highest BCUT2D eigenvalue weighted by atomic mass is 79.9. The van der Waals surface area contributed by atoms with Crippen LogP contribution in [-0.2, 0) is 0 Å². The molecule has 2 aromatic rings. The number of halogens is 2. The number of hydrogen-bond acceptors (Lipinski definition) is 5. The van der Waals surface area contributed by atoms with E-state index < -0.39 is 11.7 Å². The van der Waals surface area contributed by atoms with Crippen molar-refractivity contribution in [1.29, 1.82) is 5.26 Å². The van der Waals surface area contributed by atoms with E-state index in [1.54, 1.807) is 24.3 Å². The Hall–Kier alpha value is -3.18. The number of nitriles is 1. The van der Waals surface area contributed by atoms with Crippen LogP contribution in [-0.4, -0.2) is 25.3 Å². The van der Waals surface area contributed by atoms with Gasteiger partial charge < -0.3 is 9.47 Å². The Balaban J connectivity index is 2.17. The van der Waals surface area contributed by atoms with E-state index >= 15 is 0 Å². The molecule has 6 nitrogen and oxygen atoms in total. The second-order valence-electron chi connectivity index (χ2n) is 5.36. The summed E-state index contributed by atoms with van der Waals surface area (Å²) in [6, 6.07) is 8.80. The van der Waals surface area contributed by atoms with Gasteiger partial charge in [0.1, 0.15) is 12.4 Å². The lowest BCUT2D eigenvalue weighted by Crippen LogP contribution is -2.19. The molecule has 0 radical (unpaired) electrons. The van der Waals surface area contributed by atoms with Gasteiger partial charge in [0.15, 0.2) is 11.5 Å². The summed E-state index contributed by atoms with van der Waals surface area (Å²) in [6.45, 7) is 6.22. The van der Waals surface area contributed by atoms with Gasteiger partial charge in [0, 0.05) is 10.0 Å². The molecule has 0 atom stereocenters. The number of nitrogens with one attached hydrogen (secondary N) is 1. The van der Waals surface area contributed by atoms with E-state index in [1.807, 2.05) is 6.92 Å². The van der Waals surface area contributed by atoms with E-state index in [0.29, 0.717) is 34.7 Å². The normalized spacial score (nSPS) is 10.4. The Labute approximate surface area is 170 Å². The maximum atomic E-state index is 13.9. The third kappa shape index (κ3) is 5.41. The van der Waals surface area contributed by atoms with Crippen molar-refractivity contribution in [2.45, 2.75) is 6.92 Å². The Morgan fingerprint density at radius 3 is 2.75 bits per heavy atom. The standard InChI is InChI=1S/C20H17BrFN3O3/c1-3-7-28-19-10-16(21)14(9-18(19)27-4-2)12-24-25-20(26)15-6-5-13(11-23)8-17(15)22/h3,5-6,8-10,12H,1,4,7H2,2H3,(H,25,26)/b24-12-. The molecule has 1 N–H and O–H groups in total. The molecule has 2 aromatic carbocycles. The molecule has 0 heterocycles. The molecular formula is C20H17BrFN3O3. The first kappa shape index (κ1) is 21.1. The third-order valence-electron chi connectivity index (χ3n) is 3.43. The molecule has 0 unspecified atom stereocenters. The fraction of sp³-hybridized carbons (Fsp3) is 0.150. The molecule has 0 spiro atoms. The van der Waals surface area contributed by atoms with Crippen LogP contribution in [0.2, 0.25) is 0 Å². The number of benzene rings is 2. The number of carbonyl (C=O) groups is 1. The molecule has 0 saturated carbocycles. The van der Waals surface area contributed by atoms with E-state index in [0.717, 1.165) is 6.07 Å². The lowest BCUT2D eigenvalue weighted by atomic mass is 10.1. The predicted molar refractivity (Wildman–Crippen MR) is 107 cm³/mol. The van der Waals surface area contributed by atoms with E-state index in [-0.39, 0.29) is 11.1 Å². The van der Waals surface area contributed by atoms with Gasteiger partial charge in [-0.1, -0.05) is 12.7 Å². The second kappa shape index (κ2) is 10.2. The monoisotopic (exact) mass is 445 g/mol. The van der Waals surface area contributed by atoms with Gasteiger partial charge in [0.25, 0.3) is 5.91 Å². The zero-order chi connectivity index (χ0) is 20.5. The van der Waals surface area contributed by atoms with Crippen LogP contribution in [0.1, 0.15) is 28.4 Å². The Kier molecular flexibility index (Phi) is 7.72. The third-order valence-corrected chi connectivity index (χ3v) is 4.12. The number of hydrogen-bond donors (Lipinski definition) is 1. The number of ether oxygens (including phenoxy) is 2. The summed E-state index contributed by atoms with van der Waals surface area (Å²) in [5.41, 5.74) is 2.79. The summed E-state index contributed by atoms with van der Waals surface area (Å²) < 4.78 is 25.7. The lowest BCUT2D eigenvalue weighted by molar-refractivity contribution is 0.0951. The molecule has 2 rings (SSSR count). The van der Waals surface area contributed by atoms with Gasteiger partial charge in [0.05, 0.1) is 30.0 Å². The highest BCUT2D eigenvalue weighted by Crippen LogP contribution is 2.33. The first-order valence-electron chi connectivity index (χ1n) is 8.23. The van der Waals surface area contributed by atoms with E-state index in [2.05, 4.69) is 33.0 Å². The minimum Gasteiger partial charge on any atom is -0.490 e. The van der Waals surface area contributed by atoms with Crippen molar-refractivity contribution in [2.24, 2.45) is 5.10 Å². The number of hydrazone groups is 1. The van der Waals surface area contributed by atoms with E-state index in [1.165, 1.54) is 18.3 Å². The minimum atomic E-state index is -0.796. The van der Waals surface area contributed by atoms with Crippen LogP contribution >= 0.6 is 15.9 Å². The Bertz CT molecular complexity index is 954. The quantitative estimate of drug-likeness (QED) is 0.375. The molecule has 8 heteroatoms. The smallest absolute Gasteiger partial charge is 0.274 e. The molecule has 0 bridgehead atoms. The zero-order valence-corrected chi connectivity index (χ0v) is 16.6. The van der Waals surface area contributed by atoms with Gasteiger partial charge in [-0.15, -0.1) is 0 Å². The molecule has 28 heavy (non-hydrogen) atoms. The topological polar surface area (TPSA) is 83.7 Å². The van der Waals surface area contributed by atoms with Gasteiger partial charge in [-0.05, 0) is 53.2 Å². The molecular weight excluding hydrogens is 429 g/mol. The maximum Gasteiger partial charge on any atom is 0.274 e. The van der Waals surface area contributed by atoms with Crippen LogP contribution in [0, 0.1) is 17.1 Å². The second-order valence-corrected chi connectivity index (χ2v) is 6.21. The average molecular weight is 446 g/mol. The van der Waals surface area contributed by atoms with Crippen molar-refractivity contribution in [3.8, 4) is 17.6 Å². The summed E-state index contributed by atoms with van der Waals surface area (Å²) in [7, 11) is 0. The van der Waals surface area contributed by atoms with Crippen LogP contribution in [0.3, 0.4) is 0 Å². The molecule has 0 saturated heterocycles. The maximum absolute atomic E-state index is 13.9. The van der Waals surface area contributed by atoms with Gasteiger partial charge >= 0.3 is 0 Å². The Morgan fingerprint density at radius 2 is 2.11 bits per heavy atom. The van der Waals surface area contributed by atoms with Crippen LogP contribution in [0.25, 0.3) is 0 Å². The molecule has 0 aliphatic carbocycles. The van der Waals surface area contributed by atoms with Crippen LogP contribution in [0.15, 0.2) is 52.6 Å². The first-order valence-corrected chi connectivity index (χ1v) is 9.02. The SMILES string of the molecule is C=CCOc1cc(Br)c(/C=N\NC(=O)c2ccc(C#N)cc2F)cc1OCC. The molecule has 0 aromatic heterocycles. The summed E-state index contributed by atoms with van der Waals surface area (Å²) >= 11 is 3.41. The fourth-order valence-corrected chi connectivity index (χ4v) is 2.59. The summed E-state index contributed by atoms with van der Waals surface area (Å²) in [6.07, 6.45) is 3.01. The highest BCUT2D eigenvalue weighted by molar-refractivity contribution is 9.10. The Morgan fingerprint density at radius 1 is 1.36 bits per heavy atom. The van der Waals surface area contributed by atoms with Crippen molar-refractivity contribution >= 4 is 28.1 Å². The van der Waals surface area contributed by atoms with Crippen molar-refractivity contribution in [3.05, 3.63) is 70.0 Å². The van der Waals surface area contributed by atoms with Crippen molar-refractivity contribution in [2.75, 3.05) is 13.2 Å².